The minimum Gasteiger partial charge on any atom is -0.493 e. The second kappa shape index (κ2) is 7.13. The highest BCUT2D eigenvalue weighted by Gasteiger charge is 2.21. The summed E-state index contributed by atoms with van der Waals surface area (Å²) in [7, 11) is 3.18. The minimum absolute atomic E-state index is 0.0303. The van der Waals surface area contributed by atoms with Gasteiger partial charge in [-0.1, -0.05) is 6.08 Å². The number of nitrogens with zero attached hydrogens (tertiary/aromatic N) is 1. The molecule has 0 aromatic heterocycles. The van der Waals surface area contributed by atoms with E-state index in [1.54, 1.807) is 26.4 Å². The highest BCUT2D eigenvalue weighted by molar-refractivity contribution is 5.95. The van der Waals surface area contributed by atoms with E-state index in [4.69, 9.17) is 9.47 Å². The zero-order chi connectivity index (χ0) is 15.2. The summed E-state index contributed by atoms with van der Waals surface area (Å²) in [6.45, 7) is 6.87. The lowest BCUT2D eigenvalue weighted by Gasteiger charge is -2.28. The second-order valence-electron chi connectivity index (χ2n) is 4.91. The largest absolute Gasteiger partial charge is 0.493 e. The summed E-state index contributed by atoms with van der Waals surface area (Å²) in [6, 6.07) is 3.61. The van der Waals surface area contributed by atoms with Crippen LogP contribution in [0, 0.1) is 0 Å². The normalized spacial score (nSPS) is 14.7. The zero-order valence-electron chi connectivity index (χ0n) is 12.6. The molecule has 0 aliphatic carbocycles. The SMILES string of the molecule is C=CCc1cc(C(=O)N2CCNCC2)cc(OC)c1OC. The van der Waals surface area contributed by atoms with Crippen molar-refractivity contribution in [3.8, 4) is 11.5 Å². The fourth-order valence-electron chi connectivity index (χ4n) is 2.52. The summed E-state index contributed by atoms with van der Waals surface area (Å²) < 4.78 is 10.8. The lowest BCUT2D eigenvalue weighted by molar-refractivity contribution is 0.0735. The minimum atomic E-state index is 0.0303. The number of rotatable bonds is 5. The molecule has 0 spiro atoms. The summed E-state index contributed by atoms with van der Waals surface area (Å²) in [6.07, 6.45) is 2.42. The molecule has 1 aliphatic rings. The molecular weight excluding hydrogens is 268 g/mol. The Morgan fingerprint density at radius 1 is 1.33 bits per heavy atom. The molecule has 1 aliphatic heterocycles. The molecule has 1 aromatic carbocycles. The van der Waals surface area contributed by atoms with Gasteiger partial charge in [-0.2, -0.15) is 0 Å². The number of hydrogen-bond acceptors (Lipinski definition) is 4. The molecule has 1 heterocycles. The Hall–Kier alpha value is -2.01. The molecule has 5 heteroatoms. The Morgan fingerprint density at radius 2 is 2.05 bits per heavy atom. The lowest BCUT2D eigenvalue weighted by Crippen LogP contribution is -2.46. The Bertz CT molecular complexity index is 522. The molecule has 1 N–H and O–H groups in total. The number of piperazine rings is 1. The molecule has 1 aromatic rings. The molecule has 114 valence electrons. The number of amides is 1. The van der Waals surface area contributed by atoms with E-state index in [-0.39, 0.29) is 5.91 Å². The maximum absolute atomic E-state index is 12.6. The van der Waals surface area contributed by atoms with Gasteiger partial charge in [-0.05, 0) is 18.6 Å². The van der Waals surface area contributed by atoms with Gasteiger partial charge in [-0.15, -0.1) is 6.58 Å². The molecular formula is C16H22N2O3. The lowest BCUT2D eigenvalue weighted by atomic mass is 10.0. The van der Waals surface area contributed by atoms with E-state index in [9.17, 15) is 4.79 Å². The first-order valence-electron chi connectivity index (χ1n) is 7.07. The number of ether oxygens (including phenoxy) is 2. The van der Waals surface area contributed by atoms with Crippen molar-refractivity contribution in [1.82, 2.24) is 10.2 Å². The first-order valence-corrected chi connectivity index (χ1v) is 7.07. The van der Waals surface area contributed by atoms with E-state index in [1.807, 2.05) is 11.0 Å². The fraction of sp³-hybridized carbons (Fsp3) is 0.438. The third-order valence-electron chi connectivity index (χ3n) is 3.57. The van der Waals surface area contributed by atoms with Crippen LogP contribution in [-0.4, -0.2) is 51.2 Å². The molecule has 0 bridgehead atoms. The average molecular weight is 290 g/mol. The van der Waals surface area contributed by atoms with Crippen LogP contribution in [0.25, 0.3) is 0 Å². The Morgan fingerprint density at radius 3 is 2.62 bits per heavy atom. The molecule has 1 amide bonds. The van der Waals surface area contributed by atoms with Gasteiger partial charge in [0.1, 0.15) is 0 Å². The molecule has 0 unspecified atom stereocenters. The van der Waals surface area contributed by atoms with Crippen molar-refractivity contribution in [2.45, 2.75) is 6.42 Å². The fourth-order valence-corrected chi connectivity index (χ4v) is 2.52. The molecule has 2 rings (SSSR count). The van der Waals surface area contributed by atoms with Gasteiger partial charge < -0.3 is 19.7 Å². The van der Waals surface area contributed by atoms with Crippen molar-refractivity contribution in [2.75, 3.05) is 40.4 Å². The molecule has 1 fully saturated rings. The van der Waals surface area contributed by atoms with Gasteiger partial charge in [0, 0.05) is 37.3 Å². The van der Waals surface area contributed by atoms with Crippen LogP contribution in [0.1, 0.15) is 15.9 Å². The topological polar surface area (TPSA) is 50.8 Å². The maximum atomic E-state index is 12.6. The van der Waals surface area contributed by atoms with Crippen molar-refractivity contribution in [3.05, 3.63) is 35.9 Å². The standard InChI is InChI=1S/C16H22N2O3/c1-4-5-12-10-13(11-14(20-2)15(12)21-3)16(19)18-8-6-17-7-9-18/h4,10-11,17H,1,5-9H2,2-3H3. The molecule has 1 saturated heterocycles. The van der Waals surface area contributed by atoms with Gasteiger partial charge >= 0.3 is 0 Å². The molecule has 0 saturated carbocycles. The Balaban J connectivity index is 2.36. The first-order chi connectivity index (χ1) is 10.2. The monoisotopic (exact) mass is 290 g/mol. The molecule has 0 atom stereocenters. The van der Waals surface area contributed by atoms with Crippen molar-refractivity contribution < 1.29 is 14.3 Å². The van der Waals surface area contributed by atoms with Crippen LogP contribution in [-0.2, 0) is 6.42 Å². The van der Waals surface area contributed by atoms with Crippen molar-refractivity contribution in [3.63, 3.8) is 0 Å². The van der Waals surface area contributed by atoms with E-state index in [0.29, 0.717) is 23.5 Å². The number of benzene rings is 1. The number of carbonyl (C=O) groups is 1. The van der Waals surface area contributed by atoms with Crippen molar-refractivity contribution >= 4 is 5.91 Å². The zero-order valence-corrected chi connectivity index (χ0v) is 12.6. The Kier molecular flexibility index (Phi) is 5.22. The number of hydrogen-bond donors (Lipinski definition) is 1. The third kappa shape index (κ3) is 3.36. The predicted molar refractivity (Wildman–Crippen MR) is 82.2 cm³/mol. The smallest absolute Gasteiger partial charge is 0.254 e. The second-order valence-corrected chi connectivity index (χ2v) is 4.91. The van der Waals surface area contributed by atoms with Gasteiger partial charge in [0.25, 0.3) is 5.91 Å². The van der Waals surface area contributed by atoms with Crippen LogP contribution in [0.3, 0.4) is 0 Å². The van der Waals surface area contributed by atoms with Crippen LogP contribution in [0.2, 0.25) is 0 Å². The van der Waals surface area contributed by atoms with Gasteiger partial charge in [-0.25, -0.2) is 0 Å². The number of methoxy groups -OCH3 is 2. The quantitative estimate of drug-likeness (QED) is 0.835. The van der Waals surface area contributed by atoms with Gasteiger partial charge in [0.15, 0.2) is 11.5 Å². The summed E-state index contributed by atoms with van der Waals surface area (Å²) >= 11 is 0. The van der Waals surface area contributed by atoms with Gasteiger partial charge in [0.05, 0.1) is 14.2 Å². The molecule has 21 heavy (non-hydrogen) atoms. The average Bonchev–Trinajstić information content (AvgIpc) is 2.54. The molecule has 5 nitrogen and oxygen atoms in total. The van der Waals surface area contributed by atoms with Crippen LogP contribution >= 0.6 is 0 Å². The summed E-state index contributed by atoms with van der Waals surface area (Å²) in [5.41, 5.74) is 1.54. The molecule has 0 radical (unpaired) electrons. The number of allylic oxidation sites excluding steroid dienone is 1. The van der Waals surface area contributed by atoms with Crippen LogP contribution in [0.15, 0.2) is 24.8 Å². The predicted octanol–water partition coefficient (Wildman–Crippen LogP) is 1.48. The van der Waals surface area contributed by atoms with E-state index < -0.39 is 0 Å². The van der Waals surface area contributed by atoms with Gasteiger partial charge in [-0.3, -0.25) is 4.79 Å². The van der Waals surface area contributed by atoms with Crippen molar-refractivity contribution in [2.24, 2.45) is 0 Å². The summed E-state index contributed by atoms with van der Waals surface area (Å²) in [4.78, 5) is 14.5. The number of carbonyl (C=O) groups excluding carboxylic acids is 1. The van der Waals surface area contributed by atoms with Crippen molar-refractivity contribution in [1.29, 1.82) is 0 Å². The third-order valence-corrected chi connectivity index (χ3v) is 3.57. The first kappa shape index (κ1) is 15.4. The van der Waals surface area contributed by atoms with Crippen LogP contribution in [0.5, 0.6) is 11.5 Å². The summed E-state index contributed by atoms with van der Waals surface area (Å²) in [5.74, 6) is 1.27. The van der Waals surface area contributed by atoms with E-state index >= 15 is 0 Å². The van der Waals surface area contributed by atoms with E-state index in [2.05, 4.69) is 11.9 Å². The Labute approximate surface area is 125 Å². The summed E-state index contributed by atoms with van der Waals surface area (Å²) in [5, 5.41) is 3.24. The highest BCUT2D eigenvalue weighted by Crippen LogP contribution is 2.33. The van der Waals surface area contributed by atoms with Crippen LogP contribution in [0.4, 0.5) is 0 Å². The van der Waals surface area contributed by atoms with E-state index in [1.165, 1.54) is 0 Å². The van der Waals surface area contributed by atoms with E-state index in [0.717, 1.165) is 31.7 Å². The highest BCUT2D eigenvalue weighted by atomic mass is 16.5. The van der Waals surface area contributed by atoms with Crippen LogP contribution < -0.4 is 14.8 Å². The van der Waals surface area contributed by atoms with Gasteiger partial charge in [0.2, 0.25) is 0 Å². The number of nitrogens with one attached hydrogen (secondary N) is 1. The maximum Gasteiger partial charge on any atom is 0.254 e.